The van der Waals surface area contributed by atoms with Crippen molar-refractivity contribution in [1.29, 1.82) is 0 Å². The second-order valence-electron chi connectivity index (χ2n) is 21.8. The summed E-state index contributed by atoms with van der Waals surface area (Å²) in [5, 5.41) is 0. The Morgan fingerprint density at radius 3 is 1.16 bits per heavy atom. The van der Waals surface area contributed by atoms with E-state index in [-0.39, 0.29) is 0 Å². The van der Waals surface area contributed by atoms with Crippen LogP contribution in [-0.4, -0.2) is 8.07 Å². The Kier molecular flexibility index (Phi) is 9.18. The van der Waals surface area contributed by atoms with Crippen LogP contribution >= 0.6 is 0 Å². The number of benzene rings is 2. The molecule has 0 spiro atoms. The van der Waals surface area contributed by atoms with Gasteiger partial charge in [-0.15, -0.1) is 0 Å². The zero-order valence-electron chi connectivity index (χ0n) is 32.8. The molecule has 0 heterocycles. The molecule has 0 nitrogen and oxygen atoms in total. The van der Waals surface area contributed by atoms with Gasteiger partial charge in [-0.05, 0) is 181 Å². The van der Waals surface area contributed by atoms with E-state index in [1.165, 1.54) is 77.0 Å². The molecule has 14 atom stereocenters. The van der Waals surface area contributed by atoms with Crippen molar-refractivity contribution >= 4 is 8.07 Å². The fourth-order valence-corrected chi connectivity index (χ4v) is 21.5. The van der Waals surface area contributed by atoms with Crippen molar-refractivity contribution in [2.45, 2.75) is 155 Å². The molecule has 14 unspecified atom stereocenters. The highest BCUT2D eigenvalue weighted by atomic mass is 28.3. The number of fused-ring (bicyclic) bond motifs is 6. The summed E-state index contributed by atoms with van der Waals surface area (Å²) in [4.78, 5) is 0. The number of hydrogen-bond acceptors (Lipinski definition) is 0. The van der Waals surface area contributed by atoms with E-state index in [2.05, 4.69) is 115 Å². The molecule has 49 heavy (non-hydrogen) atoms. The summed E-state index contributed by atoms with van der Waals surface area (Å²) in [6.45, 7) is 21.2. The summed E-state index contributed by atoms with van der Waals surface area (Å²) in [5.41, 5.74) is 6.17. The van der Waals surface area contributed by atoms with Crippen LogP contribution < -0.4 is 0 Å². The summed E-state index contributed by atoms with van der Waals surface area (Å²) >= 11 is 0. The van der Waals surface area contributed by atoms with E-state index in [9.17, 15) is 0 Å². The van der Waals surface area contributed by atoms with Gasteiger partial charge in [-0.2, -0.15) is 0 Å². The van der Waals surface area contributed by atoms with Gasteiger partial charge in [-0.25, -0.2) is 0 Å². The van der Waals surface area contributed by atoms with Crippen molar-refractivity contribution in [2.75, 3.05) is 0 Å². The van der Waals surface area contributed by atoms with Crippen molar-refractivity contribution in [1.82, 2.24) is 0 Å². The lowest BCUT2D eigenvalue weighted by Crippen LogP contribution is -2.49. The SMILES string of the molecule is CC(C)(C)C1CCC2CCC3C(CC(c4ccccc4)C3[Si](C)(C)C3C(c4ccccc4)CC4C5CC(C(C)(C)C)CCC5CCC43)C2C1. The Hall–Kier alpha value is -1.34. The van der Waals surface area contributed by atoms with E-state index in [1.807, 2.05) is 0 Å². The van der Waals surface area contributed by atoms with Crippen LogP contribution in [0.3, 0.4) is 0 Å². The molecule has 0 aromatic heterocycles. The highest BCUT2D eigenvalue weighted by Crippen LogP contribution is 2.71. The number of rotatable bonds is 4. The highest BCUT2D eigenvalue weighted by molar-refractivity contribution is 6.80. The van der Waals surface area contributed by atoms with Crippen LogP contribution in [0.4, 0.5) is 0 Å². The van der Waals surface area contributed by atoms with Gasteiger partial charge in [-0.1, -0.05) is 115 Å². The summed E-state index contributed by atoms with van der Waals surface area (Å²) in [5.74, 6) is 11.2. The zero-order valence-corrected chi connectivity index (χ0v) is 33.8. The first-order chi connectivity index (χ1) is 23.3. The van der Waals surface area contributed by atoms with Gasteiger partial charge in [-0.3, -0.25) is 0 Å². The van der Waals surface area contributed by atoms with Crippen LogP contribution in [0.1, 0.15) is 142 Å². The third-order valence-corrected chi connectivity index (χ3v) is 22.6. The van der Waals surface area contributed by atoms with E-state index in [1.54, 1.807) is 11.1 Å². The molecule has 2 aromatic rings. The minimum absolute atomic E-state index is 0.453. The van der Waals surface area contributed by atoms with Crippen LogP contribution in [0.5, 0.6) is 0 Å². The van der Waals surface area contributed by atoms with E-state index in [0.717, 1.165) is 82.1 Å². The van der Waals surface area contributed by atoms with Crippen molar-refractivity contribution in [3.8, 4) is 0 Å². The molecule has 6 fully saturated rings. The van der Waals surface area contributed by atoms with Crippen molar-refractivity contribution < 1.29 is 0 Å². The Morgan fingerprint density at radius 1 is 0.429 bits per heavy atom. The molecule has 0 aliphatic heterocycles. The lowest BCUT2D eigenvalue weighted by Gasteiger charge is -2.53. The zero-order chi connectivity index (χ0) is 34.3. The molecule has 0 bridgehead atoms. The fourth-order valence-electron chi connectivity index (χ4n) is 15.3. The lowest BCUT2D eigenvalue weighted by molar-refractivity contribution is 0.0146. The van der Waals surface area contributed by atoms with Gasteiger partial charge in [0.25, 0.3) is 0 Å². The van der Waals surface area contributed by atoms with Gasteiger partial charge in [0.1, 0.15) is 0 Å². The minimum atomic E-state index is -1.77. The van der Waals surface area contributed by atoms with Crippen molar-refractivity contribution in [3.63, 3.8) is 0 Å². The molecule has 6 aliphatic carbocycles. The number of hydrogen-bond donors (Lipinski definition) is 0. The van der Waals surface area contributed by atoms with Gasteiger partial charge in [0.05, 0.1) is 8.07 Å². The maximum absolute atomic E-state index is 2.98. The molecular formula is C48H72Si. The Balaban J connectivity index is 1.18. The monoisotopic (exact) mass is 677 g/mol. The molecule has 1 heteroatoms. The van der Waals surface area contributed by atoms with E-state index in [4.69, 9.17) is 0 Å². The highest BCUT2D eigenvalue weighted by Gasteiger charge is 2.63. The van der Waals surface area contributed by atoms with Crippen molar-refractivity contribution in [2.24, 2.45) is 70.0 Å². The molecule has 0 amide bonds. The van der Waals surface area contributed by atoms with Gasteiger partial charge in [0.15, 0.2) is 0 Å². The van der Waals surface area contributed by atoms with E-state index < -0.39 is 8.07 Å². The maximum Gasteiger partial charge on any atom is 0.0553 e. The van der Waals surface area contributed by atoms with E-state index in [0.29, 0.717) is 10.8 Å². The average molecular weight is 677 g/mol. The lowest BCUT2D eigenvalue weighted by atomic mass is 9.57. The van der Waals surface area contributed by atoms with Gasteiger partial charge < -0.3 is 0 Å². The second-order valence-corrected chi connectivity index (χ2v) is 26.8. The molecule has 8 rings (SSSR count). The third-order valence-electron chi connectivity index (χ3n) is 17.5. The quantitative estimate of drug-likeness (QED) is 0.283. The first kappa shape index (κ1) is 34.7. The standard InChI is InChI=1S/C48H72Si/c1-47(2,3)35-23-19-33-21-25-37-43(39(33)27-35)29-41(31-15-11-9-12-16-31)45(37)49(7,8)46-38-26-22-34-20-24-36(48(4,5)6)28-40(34)44(38)30-42(46)32-17-13-10-14-18-32/h9-18,33-46H,19-30H2,1-8H3. The first-order valence-corrected chi connectivity index (χ1v) is 24.6. The van der Waals surface area contributed by atoms with Crippen LogP contribution in [0.2, 0.25) is 24.2 Å². The molecule has 2 aromatic carbocycles. The largest absolute Gasteiger partial charge is 0.0689 e. The van der Waals surface area contributed by atoms with Gasteiger partial charge in [0, 0.05) is 0 Å². The topological polar surface area (TPSA) is 0 Å². The van der Waals surface area contributed by atoms with Crippen LogP contribution in [0.25, 0.3) is 0 Å². The summed E-state index contributed by atoms with van der Waals surface area (Å²) in [6.07, 6.45) is 18.1. The molecule has 6 saturated carbocycles. The van der Waals surface area contributed by atoms with Gasteiger partial charge >= 0.3 is 0 Å². The Morgan fingerprint density at radius 2 is 0.796 bits per heavy atom. The minimum Gasteiger partial charge on any atom is -0.0689 e. The van der Waals surface area contributed by atoms with E-state index >= 15 is 0 Å². The second kappa shape index (κ2) is 13.0. The van der Waals surface area contributed by atoms with Crippen LogP contribution in [-0.2, 0) is 0 Å². The summed E-state index contributed by atoms with van der Waals surface area (Å²) in [7, 11) is -1.77. The summed E-state index contributed by atoms with van der Waals surface area (Å²) in [6, 6.07) is 24.3. The predicted octanol–water partition coefficient (Wildman–Crippen LogP) is 14.0. The Labute approximate surface area is 303 Å². The van der Waals surface area contributed by atoms with Crippen LogP contribution in [0, 0.1) is 70.0 Å². The molecule has 0 radical (unpaired) electrons. The molecule has 0 N–H and O–H groups in total. The average Bonchev–Trinajstić information content (AvgIpc) is 3.69. The third kappa shape index (κ3) is 6.18. The van der Waals surface area contributed by atoms with Crippen molar-refractivity contribution in [3.05, 3.63) is 71.8 Å². The fraction of sp³-hybridized carbons (Fsp3) is 0.750. The molecule has 6 aliphatic rings. The summed E-state index contributed by atoms with van der Waals surface area (Å²) < 4.78 is 0. The first-order valence-electron chi connectivity index (χ1n) is 21.4. The predicted molar refractivity (Wildman–Crippen MR) is 213 cm³/mol. The molecular weight excluding hydrogens is 605 g/mol. The normalized spacial score (nSPS) is 42.5. The maximum atomic E-state index is 2.98. The molecule has 268 valence electrons. The molecule has 0 saturated heterocycles. The van der Waals surface area contributed by atoms with Crippen LogP contribution in [0.15, 0.2) is 60.7 Å². The Bertz CT molecular complexity index is 1300. The van der Waals surface area contributed by atoms with Gasteiger partial charge in [0.2, 0.25) is 0 Å². The smallest absolute Gasteiger partial charge is 0.0553 e.